The summed E-state index contributed by atoms with van der Waals surface area (Å²) in [5.74, 6) is 0.993. The minimum atomic E-state index is 0.546. The Morgan fingerprint density at radius 2 is 2.18 bits per heavy atom. The Morgan fingerprint density at radius 1 is 1.35 bits per heavy atom. The molecule has 17 heavy (non-hydrogen) atoms. The molecule has 1 nitrogen and oxygen atoms in total. The molecule has 1 unspecified atom stereocenters. The van der Waals surface area contributed by atoms with Crippen molar-refractivity contribution in [1.29, 1.82) is 0 Å². The number of thiophene rings is 1. The van der Waals surface area contributed by atoms with Crippen molar-refractivity contribution in [2.75, 3.05) is 6.54 Å². The Hall–Kier alpha value is -0.340. The van der Waals surface area contributed by atoms with Gasteiger partial charge in [0.15, 0.2) is 0 Å². The lowest BCUT2D eigenvalue weighted by Crippen LogP contribution is -2.35. The van der Waals surface area contributed by atoms with Gasteiger partial charge in [-0.3, -0.25) is 0 Å². The Labute approximate surface area is 109 Å². The summed E-state index contributed by atoms with van der Waals surface area (Å²) in [6.07, 6.45) is 8.37. The standard InChI is InChI=1S/C15H23NS/c1-15(13-2-3-13,11-16-14-4-5-14)8-6-12-7-9-17-10-12/h7,9-10,13-14,16H,2-6,8,11H2,1H3. The third kappa shape index (κ3) is 3.11. The van der Waals surface area contributed by atoms with Gasteiger partial charge in [-0.1, -0.05) is 6.92 Å². The third-order valence-electron chi connectivity index (χ3n) is 4.50. The molecule has 0 amide bonds. The van der Waals surface area contributed by atoms with E-state index in [-0.39, 0.29) is 0 Å². The molecule has 0 aromatic carbocycles. The minimum absolute atomic E-state index is 0.546. The highest BCUT2D eigenvalue weighted by Gasteiger charge is 2.41. The molecule has 0 saturated heterocycles. The summed E-state index contributed by atoms with van der Waals surface area (Å²) in [6.45, 7) is 3.75. The molecule has 0 radical (unpaired) electrons. The van der Waals surface area contributed by atoms with Crippen LogP contribution in [0.15, 0.2) is 16.8 Å². The predicted octanol–water partition coefficient (Wildman–Crippen LogP) is 3.85. The summed E-state index contributed by atoms with van der Waals surface area (Å²) in [5.41, 5.74) is 2.08. The van der Waals surface area contributed by atoms with Crippen molar-refractivity contribution in [1.82, 2.24) is 5.32 Å². The molecule has 3 rings (SSSR count). The molecule has 2 heteroatoms. The first kappa shape index (κ1) is 11.7. The molecule has 1 aromatic rings. The van der Waals surface area contributed by atoms with Gasteiger partial charge in [-0.25, -0.2) is 0 Å². The molecule has 0 spiro atoms. The number of aryl methyl sites for hydroxylation is 1. The van der Waals surface area contributed by atoms with Crippen molar-refractivity contribution in [3.05, 3.63) is 22.4 Å². The molecular weight excluding hydrogens is 226 g/mol. The van der Waals surface area contributed by atoms with Crippen LogP contribution in [0.25, 0.3) is 0 Å². The van der Waals surface area contributed by atoms with E-state index in [0.29, 0.717) is 5.41 Å². The highest BCUT2D eigenvalue weighted by Crippen LogP contribution is 2.48. The second kappa shape index (κ2) is 4.74. The minimum Gasteiger partial charge on any atom is -0.313 e. The lowest BCUT2D eigenvalue weighted by atomic mass is 9.79. The average Bonchev–Trinajstić information content (AvgIpc) is 3.23. The molecule has 0 aliphatic heterocycles. The van der Waals surface area contributed by atoms with E-state index in [1.807, 2.05) is 11.3 Å². The van der Waals surface area contributed by atoms with Crippen LogP contribution in [0.1, 0.15) is 44.6 Å². The first-order chi connectivity index (χ1) is 8.26. The van der Waals surface area contributed by atoms with E-state index in [2.05, 4.69) is 29.1 Å². The SMILES string of the molecule is CC(CCc1ccsc1)(CNC1CC1)C1CC1. The van der Waals surface area contributed by atoms with Crippen LogP contribution in [0.2, 0.25) is 0 Å². The zero-order valence-electron chi connectivity index (χ0n) is 10.7. The molecule has 1 aromatic heterocycles. The van der Waals surface area contributed by atoms with Gasteiger partial charge in [-0.05, 0) is 72.2 Å². The van der Waals surface area contributed by atoms with Crippen molar-refractivity contribution in [2.24, 2.45) is 11.3 Å². The molecule has 1 atom stereocenters. The maximum Gasteiger partial charge on any atom is 0.00684 e. The first-order valence-electron chi connectivity index (χ1n) is 7.01. The molecule has 2 fully saturated rings. The molecule has 2 aliphatic carbocycles. The molecule has 94 valence electrons. The van der Waals surface area contributed by atoms with Gasteiger partial charge in [-0.2, -0.15) is 11.3 Å². The van der Waals surface area contributed by atoms with E-state index >= 15 is 0 Å². The van der Waals surface area contributed by atoms with Gasteiger partial charge in [0.05, 0.1) is 0 Å². The summed E-state index contributed by atoms with van der Waals surface area (Å²) in [6, 6.07) is 3.14. The molecule has 1 heterocycles. The lowest BCUT2D eigenvalue weighted by Gasteiger charge is -2.30. The van der Waals surface area contributed by atoms with Crippen LogP contribution >= 0.6 is 11.3 Å². The Bertz CT molecular complexity index is 351. The van der Waals surface area contributed by atoms with Gasteiger partial charge in [0, 0.05) is 12.6 Å². The summed E-state index contributed by atoms with van der Waals surface area (Å²) in [7, 11) is 0. The van der Waals surface area contributed by atoms with Crippen molar-refractivity contribution in [3.8, 4) is 0 Å². The van der Waals surface area contributed by atoms with Crippen molar-refractivity contribution in [2.45, 2.75) is 51.5 Å². The molecule has 2 saturated carbocycles. The third-order valence-corrected chi connectivity index (χ3v) is 5.23. The molecule has 0 bridgehead atoms. The van der Waals surface area contributed by atoms with Gasteiger partial charge in [0.1, 0.15) is 0 Å². The second-order valence-corrected chi connectivity index (χ2v) is 7.00. The number of nitrogens with one attached hydrogen (secondary N) is 1. The second-order valence-electron chi connectivity index (χ2n) is 6.22. The average molecular weight is 249 g/mol. The summed E-state index contributed by atoms with van der Waals surface area (Å²) in [4.78, 5) is 0. The van der Waals surface area contributed by atoms with Crippen LogP contribution in [-0.4, -0.2) is 12.6 Å². The maximum absolute atomic E-state index is 3.75. The zero-order chi connectivity index (χ0) is 11.7. The van der Waals surface area contributed by atoms with Gasteiger partial charge in [0.25, 0.3) is 0 Å². The molecule has 1 N–H and O–H groups in total. The van der Waals surface area contributed by atoms with E-state index in [1.54, 1.807) is 0 Å². The maximum atomic E-state index is 3.75. The van der Waals surface area contributed by atoms with Crippen LogP contribution in [-0.2, 0) is 6.42 Å². The molecule has 2 aliphatic rings. The lowest BCUT2D eigenvalue weighted by molar-refractivity contribution is 0.236. The fraction of sp³-hybridized carbons (Fsp3) is 0.733. The van der Waals surface area contributed by atoms with E-state index in [4.69, 9.17) is 0 Å². The van der Waals surface area contributed by atoms with E-state index in [9.17, 15) is 0 Å². The first-order valence-corrected chi connectivity index (χ1v) is 7.95. The monoisotopic (exact) mass is 249 g/mol. The van der Waals surface area contributed by atoms with Crippen LogP contribution in [0.4, 0.5) is 0 Å². The summed E-state index contributed by atoms with van der Waals surface area (Å²) in [5, 5.41) is 8.26. The van der Waals surface area contributed by atoms with Gasteiger partial charge in [0.2, 0.25) is 0 Å². The highest BCUT2D eigenvalue weighted by atomic mass is 32.1. The predicted molar refractivity (Wildman–Crippen MR) is 74.5 cm³/mol. The largest absolute Gasteiger partial charge is 0.313 e. The Kier molecular flexibility index (Phi) is 3.27. The number of rotatable bonds is 7. The van der Waals surface area contributed by atoms with E-state index < -0.39 is 0 Å². The summed E-state index contributed by atoms with van der Waals surface area (Å²) >= 11 is 1.83. The quantitative estimate of drug-likeness (QED) is 0.774. The van der Waals surface area contributed by atoms with Gasteiger partial charge in [-0.15, -0.1) is 0 Å². The Morgan fingerprint density at radius 3 is 2.76 bits per heavy atom. The topological polar surface area (TPSA) is 12.0 Å². The van der Waals surface area contributed by atoms with Crippen molar-refractivity contribution < 1.29 is 0 Å². The fourth-order valence-corrected chi connectivity index (χ4v) is 3.45. The highest BCUT2D eigenvalue weighted by molar-refractivity contribution is 7.07. The van der Waals surface area contributed by atoms with Gasteiger partial charge < -0.3 is 5.32 Å². The number of hydrogen-bond donors (Lipinski definition) is 1. The zero-order valence-corrected chi connectivity index (χ0v) is 11.6. The van der Waals surface area contributed by atoms with Crippen LogP contribution in [0, 0.1) is 11.3 Å². The van der Waals surface area contributed by atoms with Crippen molar-refractivity contribution in [3.63, 3.8) is 0 Å². The smallest absolute Gasteiger partial charge is 0.00684 e. The summed E-state index contributed by atoms with van der Waals surface area (Å²) < 4.78 is 0. The van der Waals surface area contributed by atoms with E-state index in [0.717, 1.165) is 12.0 Å². The normalized spacial score (nSPS) is 23.6. The van der Waals surface area contributed by atoms with Crippen LogP contribution in [0.3, 0.4) is 0 Å². The van der Waals surface area contributed by atoms with Gasteiger partial charge >= 0.3 is 0 Å². The van der Waals surface area contributed by atoms with Crippen molar-refractivity contribution >= 4 is 11.3 Å². The molecular formula is C15H23NS. The van der Waals surface area contributed by atoms with E-state index in [1.165, 1.54) is 50.6 Å². The van der Waals surface area contributed by atoms with Crippen LogP contribution < -0.4 is 5.32 Å². The Balaban J connectivity index is 1.54. The van der Waals surface area contributed by atoms with Crippen LogP contribution in [0.5, 0.6) is 0 Å². The fourth-order valence-electron chi connectivity index (χ4n) is 2.75. The number of hydrogen-bond acceptors (Lipinski definition) is 2.